The molecule has 3 aliphatic rings. The smallest absolute Gasteiger partial charge is 0.314 e. The SMILES string of the molecule is O=C(Oc1ccc(-c2ccc(C3CCCCC3)cc2)cc1)C1CCC(C(=O)Oc2ccc(-c3ccc(C4CCCCC4)cc3)cc2)CC1. The van der Waals surface area contributed by atoms with Crippen molar-refractivity contribution in [2.45, 2.75) is 102 Å². The van der Waals surface area contributed by atoms with Gasteiger partial charge in [0.15, 0.2) is 0 Å². The van der Waals surface area contributed by atoms with Crippen molar-refractivity contribution in [3.05, 3.63) is 108 Å². The first-order valence-electron chi connectivity index (χ1n) is 18.4. The van der Waals surface area contributed by atoms with Gasteiger partial charge in [0.1, 0.15) is 11.5 Å². The van der Waals surface area contributed by atoms with Gasteiger partial charge in [-0.3, -0.25) is 9.59 Å². The van der Waals surface area contributed by atoms with Gasteiger partial charge in [-0.25, -0.2) is 0 Å². The molecular formula is C44H48O4. The minimum absolute atomic E-state index is 0.204. The van der Waals surface area contributed by atoms with Crippen LogP contribution in [0.5, 0.6) is 11.5 Å². The van der Waals surface area contributed by atoms with Gasteiger partial charge in [0.2, 0.25) is 0 Å². The fourth-order valence-corrected chi connectivity index (χ4v) is 8.16. The summed E-state index contributed by atoms with van der Waals surface area (Å²) < 4.78 is 11.5. The molecule has 0 amide bonds. The van der Waals surface area contributed by atoms with E-state index < -0.39 is 0 Å². The van der Waals surface area contributed by atoms with E-state index in [9.17, 15) is 9.59 Å². The van der Waals surface area contributed by atoms with Crippen LogP contribution in [0.25, 0.3) is 22.3 Å². The van der Waals surface area contributed by atoms with Crippen molar-refractivity contribution in [2.75, 3.05) is 0 Å². The third kappa shape index (κ3) is 7.92. The summed E-state index contributed by atoms with van der Waals surface area (Å²) in [6.45, 7) is 0. The van der Waals surface area contributed by atoms with Gasteiger partial charge in [-0.15, -0.1) is 0 Å². The summed E-state index contributed by atoms with van der Waals surface area (Å²) in [6, 6.07) is 33.5. The second-order valence-corrected chi connectivity index (χ2v) is 14.4. The van der Waals surface area contributed by atoms with Crippen LogP contribution in [0.2, 0.25) is 0 Å². The highest BCUT2D eigenvalue weighted by Gasteiger charge is 2.32. The number of ether oxygens (including phenoxy) is 2. The van der Waals surface area contributed by atoms with E-state index in [1.807, 2.05) is 48.5 Å². The first-order valence-corrected chi connectivity index (χ1v) is 18.4. The Balaban J connectivity index is 0.859. The third-order valence-corrected chi connectivity index (χ3v) is 11.2. The summed E-state index contributed by atoms with van der Waals surface area (Å²) in [6.07, 6.45) is 15.8. The van der Waals surface area contributed by atoms with Crippen LogP contribution in [0.3, 0.4) is 0 Å². The largest absolute Gasteiger partial charge is 0.426 e. The van der Waals surface area contributed by atoms with Crippen molar-refractivity contribution >= 4 is 11.9 Å². The fraction of sp³-hybridized carbons (Fsp3) is 0.409. The van der Waals surface area contributed by atoms with Crippen LogP contribution in [-0.4, -0.2) is 11.9 Å². The predicted molar refractivity (Wildman–Crippen MR) is 192 cm³/mol. The molecule has 248 valence electrons. The van der Waals surface area contributed by atoms with Crippen LogP contribution in [0.4, 0.5) is 0 Å². The molecule has 0 N–H and O–H groups in total. The molecular weight excluding hydrogens is 592 g/mol. The van der Waals surface area contributed by atoms with Gasteiger partial charge in [-0.05, 0) is 121 Å². The monoisotopic (exact) mass is 640 g/mol. The molecule has 0 spiro atoms. The molecule has 4 nitrogen and oxygen atoms in total. The Morgan fingerprint density at radius 2 is 0.667 bits per heavy atom. The molecule has 0 heterocycles. The highest BCUT2D eigenvalue weighted by atomic mass is 16.5. The van der Waals surface area contributed by atoms with Crippen molar-refractivity contribution in [3.63, 3.8) is 0 Å². The normalized spacial score (nSPS) is 20.6. The molecule has 0 aromatic heterocycles. The lowest BCUT2D eigenvalue weighted by molar-refractivity contribution is -0.145. The maximum Gasteiger partial charge on any atom is 0.314 e. The second-order valence-electron chi connectivity index (χ2n) is 14.4. The van der Waals surface area contributed by atoms with E-state index >= 15 is 0 Å². The molecule has 3 saturated carbocycles. The van der Waals surface area contributed by atoms with Crippen molar-refractivity contribution < 1.29 is 19.1 Å². The lowest BCUT2D eigenvalue weighted by Crippen LogP contribution is -2.30. The molecule has 0 radical (unpaired) electrons. The van der Waals surface area contributed by atoms with Crippen LogP contribution in [-0.2, 0) is 9.59 Å². The molecule has 0 unspecified atom stereocenters. The minimum Gasteiger partial charge on any atom is -0.426 e. The highest BCUT2D eigenvalue weighted by molar-refractivity contribution is 5.78. The highest BCUT2D eigenvalue weighted by Crippen LogP contribution is 2.36. The number of hydrogen-bond acceptors (Lipinski definition) is 4. The van der Waals surface area contributed by atoms with Gasteiger partial charge >= 0.3 is 11.9 Å². The molecule has 4 heteroatoms. The molecule has 3 aliphatic carbocycles. The number of rotatable bonds is 8. The van der Waals surface area contributed by atoms with Crippen molar-refractivity contribution in [1.29, 1.82) is 0 Å². The Labute approximate surface area is 285 Å². The summed E-state index contributed by atoms with van der Waals surface area (Å²) in [5.41, 5.74) is 7.48. The second kappa shape index (κ2) is 15.4. The molecule has 3 fully saturated rings. The molecule has 0 aliphatic heterocycles. The number of benzene rings is 4. The van der Waals surface area contributed by atoms with E-state index in [1.54, 1.807) is 0 Å². The van der Waals surface area contributed by atoms with Gasteiger partial charge in [0.25, 0.3) is 0 Å². The zero-order valence-corrected chi connectivity index (χ0v) is 28.1. The van der Waals surface area contributed by atoms with Gasteiger partial charge in [-0.1, -0.05) is 111 Å². The van der Waals surface area contributed by atoms with Gasteiger partial charge in [0.05, 0.1) is 11.8 Å². The maximum absolute atomic E-state index is 13.0. The summed E-state index contributed by atoms with van der Waals surface area (Å²) >= 11 is 0. The lowest BCUT2D eigenvalue weighted by Gasteiger charge is -2.25. The summed E-state index contributed by atoms with van der Waals surface area (Å²) in [5.74, 6) is 1.69. The summed E-state index contributed by atoms with van der Waals surface area (Å²) in [4.78, 5) is 26.0. The first kappa shape index (κ1) is 32.4. The Morgan fingerprint density at radius 1 is 0.375 bits per heavy atom. The van der Waals surface area contributed by atoms with Crippen LogP contribution in [0.15, 0.2) is 97.1 Å². The van der Waals surface area contributed by atoms with Crippen molar-refractivity contribution in [3.8, 4) is 33.8 Å². The number of hydrogen-bond donors (Lipinski definition) is 0. The zero-order valence-electron chi connectivity index (χ0n) is 28.1. The van der Waals surface area contributed by atoms with E-state index in [0.717, 1.165) is 11.1 Å². The Bertz CT molecular complexity index is 1510. The Kier molecular flexibility index (Phi) is 10.4. The Morgan fingerprint density at radius 3 is 0.979 bits per heavy atom. The number of carbonyl (C=O) groups excluding carboxylic acids is 2. The predicted octanol–water partition coefficient (Wildman–Crippen LogP) is 11.4. The van der Waals surface area contributed by atoms with Gasteiger partial charge < -0.3 is 9.47 Å². The quantitative estimate of drug-likeness (QED) is 0.142. The molecule has 7 rings (SSSR count). The van der Waals surface area contributed by atoms with Crippen LogP contribution < -0.4 is 9.47 Å². The maximum atomic E-state index is 13.0. The molecule has 4 aromatic rings. The average Bonchev–Trinajstić information content (AvgIpc) is 3.16. The van der Waals surface area contributed by atoms with E-state index in [4.69, 9.17) is 9.47 Å². The average molecular weight is 641 g/mol. The van der Waals surface area contributed by atoms with E-state index in [2.05, 4.69) is 48.5 Å². The van der Waals surface area contributed by atoms with Crippen molar-refractivity contribution in [2.24, 2.45) is 11.8 Å². The van der Waals surface area contributed by atoms with Crippen LogP contribution in [0, 0.1) is 11.8 Å². The number of carbonyl (C=O) groups is 2. The first-order chi connectivity index (χ1) is 23.6. The topological polar surface area (TPSA) is 52.6 Å². The van der Waals surface area contributed by atoms with Gasteiger partial charge in [-0.2, -0.15) is 0 Å². The van der Waals surface area contributed by atoms with E-state index in [-0.39, 0.29) is 23.8 Å². The van der Waals surface area contributed by atoms with Crippen LogP contribution in [0.1, 0.15) is 113 Å². The van der Waals surface area contributed by atoms with Crippen molar-refractivity contribution in [1.82, 2.24) is 0 Å². The van der Waals surface area contributed by atoms with Gasteiger partial charge in [0, 0.05) is 0 Å². The minimum atomic E-state index is -0.214. The number of esters is 2. The van der Waals surface area contributed by atoms with Crippen LogP contribution >= 0.6 is 0 Å². The standard InChI is InChI=1S/C44H48O4/c45-43(47-41-27-23-37(24-28-41)35-15-11-33(12-16-35)31-7-3-1-4-8-31)39-19-21-40(22-20-39)44(46)48-42-29-25-38(26-30-42)36-17-13-34(14-18-36)32-9-5-2-6-10-32/h11-18,23-32,39-40H,1-10,19-22H2. The zero-order chi connectivity index (χ0) is 32.7. The lowest BCUT2D eigenvalue weighted by atomic mass is 9.82. The summed E-state index contributed by atoms with van der Waals surface area (Å²) in [5, 5.41) is 0. The molecule has 0 saturated heterocycles. The molecule has 48 heavy (non-hydrogen) atoms. The van der Waals surface area contributed by atoms with E-state index in [1.165, 1.54) is 86.5 Å². The molecule has 0 atom stereocenters. The van der Waals surface area contributed by atoms with E-state index in [0.29, 0.717) is 49.0 Å². The Hall–Kier alpha value is -4.18. The third-order valence-electron chi connectivity index (χ3n) is 11.2. The fourth-order valence-electron chi connectivity index (χ4n) is 8.16. The molecule has 4 aromatic carbocycles. The summed E-state index contributed by atoms with van der Waals surface area (Å²) in [7, 11) is 0. The molecule has 0 bridgehead atoms.